The van der Waals surface area contributed by atoms with Gasteiger partial charge in [-0.05, 0) is 49.7 Å². The SMILES string of the molecule is CCOc1cc([C@H]2NC(=O)NC(C)=C2C(=O)OC)ccc1OC[C@H](O)N/N=C/c1cc(Br)cc(OC)c1OCc1ccccc1Cl. The summed E-state index contributed by atoms with van der Waals surface area (Å²) < 4.78 is 28.8. The number of ether oxygens (including phenoxy) is 5. The molecule has 2 atom stereocenters. The van der Waals surface area contributed by atoms with Gasteiger partial charge in [0.25, 0.3) is 0 Å². The molecule has 0 unspecified atom stereocenters. The zero-order valence-corrected chi connectivity index (χ0v) is 27.9. The Morgan fingerprint density at radius 2 is 1.89 bits per heavy atom. The van der Waals surface area contributed by atoms with Gasteiger partial charge in [0.15, 0.2) is 29.2 Å². The maximum absolute atomic E-state index is 12.5. The Morgan fingerprint density at radius 3 is 2.61 bits per heavy atom. The van der Waals surface area contributed by atoms with Crippen LogP contribution in [0.1, 0.15) is 36.6 Å². The number of aliphatic hydroxyl groups excluding tert-OH is 1. The van der Waals surface area contributed by atoms with E-state index in [1.807, 2.05) is 18.2 Å². The van der Waals surface area contributed by atoms with Crippen molar-refractivity contribution in [2.75, 3.05) is 27.4 Å². The minimum Gasteiger partial charge on any atom is -0.493 e. The van der Waals surface area contributed by atoms with Crippen molar-refractivity contribution in [3.8, 4) is 23.0 Å². The maximum Gasteiger partial charge on any atom is 0.337 e. The number of methoxy groups -OCH3 is 2. The lowest BCUT2D eigenvalue weighted by Crippen LogP contribution is -2.45. The first-order valence-corrected chi connectivity index (χ1v) is 15.3. The topological polar surface area (TPSA) is 149 Å². The molecule has 0 aromatic heterocycles. The van der Waals surface area contributed by atoms with E-state index in [0.717, 1.165) is 10.0 Å². The Balaban J connectivity index is 1.45. The molecular formula is C32H34BrClN4O8. The van der Waals surface area contributed by atoms with Gasteiger partial charge in [0.2, 0.25) is 0 Å². The summed E-state index contributed by atoms with van der Waals surface area (Å²) in [5.74, 6) is 1.03. The number of rotatable bonds is 14. The van der Waals surface area contributed by atoms with Crippen LogP contribution in [0.5, 0.6) is 23.0 Å². The molecule has 0 bridgehead atoms. The van der Waals surface area contributed by atoms with Gasteiger partial charge in [0, 0.05) is 26.3 Å². The van der Waals surface area contributed by atoms with Gasteiger partial charge in [-0.1, -0.05) is 51.8 Å². The summed E-state index contributed by atoms with van der Waals surface area (Å²) >= 11 is 9.75. The minimum absolute atomic E-state index is 0.190. The van der Waals surface area contributed by atoms with Crippen molar-refractivity contribution in [1.82, 2.24) is 16.1 Å². The molecule has 0 saturated carbocycles. The van der Waals surface area contributed by atoms with Gasteiger partial charge < -0.3 is 39.4 Å². The number of carbonyl (C=O) groups excluding carboxylic acids is 2. The molecular weight excluding hydrogens is 684 g/mol. The van der Waals surface area contributed by atoms with Gasteiger partial charge in [-0.15, -0.1) is 0 Å². The third-order valence-corrected chi connectivity index (χ3v) is 7.52. The van der Waals surface area contributed by atoms with E-state index < -0.39 is 24.3 Å². The second-order valence-electron chi connectivity index (χ2n) is 9.82. The number of benzene rings is 3. The molecule has 12 nitrogen and oxygen atoms in total. The molecule has 14 heteroatoms. The second-order valence-corrected chi connectivity index (χ2v) is 11.1. The molecule has 3 aromatic carbocycles. The van der Waals surface area contributed by atoms with Crippen molar-refractivity contribution in [2.45, 2.75) is 32.7 Å². The number of hydrogen-bond donors (Lipinski definition) is 4. The van der Waals surface area contributed by atoms with Gasteiger partial charge in [-0.2, -0.15) is 5.10 Å². The van der Waals surface area contributed by atoms with Crippen LogP contribution in [0.3, 0.4) is 0 Å². The van der Waals surface area contributed by atoms with Crippen LogP contribution in [0.15, 0.2) is 75.4 Å². The number of aliphatic hydroxyl groups is 1. The second kappa shape index (κ2) is 16.2. The third-order valence-electron chi connectivity index (χ3n) is 6.70. The Bertz CT molecular complexity index is 1630. The fourth-order valence-corrected chi connectivity index (χ4v) is 5.22. The maximum atomic E-state index is 12.5. The number of urea groups is 1. The van der Waals surface area contributed by atoms with E-state index in [1.165, 1.54) is 20.4 Å². The molecule has 3 aromatic rings. The molecule has 2 amide bonds. The number of halogens is 2. The van der Waals surface area contributed by atoms with Gasteiger partial charge in [-0.3, -0.25) is 5.43 Å². The first-order valence-electron chi connectivity index (χ1n) is 14.1. The van der Waals surface area contributed by atoms with E-state index in [0.29, 0.717) is 51.5 Å². The first-order chi connectivity index (χ1) is 22.1. The fourth-order valence-electron chi connectivity index (χ4n) is 4.57. The quantitative estimate of drug-likeness (QED) is 0.0764. The van der Waals surface area contributed by atoms with Crippen molar-refractivity contribution in [3.05, 3.63) is 92.1 Å². The number of nitrogens with one attached hydrogen (secondary N) is 3. The minimum atomic E-state index is -1.20. The van der Waals surface area contributed by atoms with Crippen molar-refractivity contribution in [2.24, 2.45) is 5.10 Å². The molecule has 46 heavy (non-hydrogen) atoms. The predicted octanol–water partition coefficient (Wildman–Crippen LogP) is 5.21. The molecule has 0 spiro atoms. The first kappa shape index (κ1) is 34.4. The molecule has 244 valence electrons. The summed E-state index contributed by atoms with van der Waals surface area (Å²) in [5.41, 5.74) is 5.23. The molecule has 4 rings (SSSR count). The van der Waals surface area contributed by atoms with Crippen LogP contribution in [0, 0.1) is 0 Å². The average molecular weight is 718 g/mol. The highest BCUT2D eigenvalue weighted by Gasteiger charge is 2.32. The van der Waals surface area contributed by atoms with Gasteiger partial charge in [-0.25, -0.2) is 9.59 Å². The molecule has 0 fully saturated rings. The summed E-state index contributed by atoms with van der Waals surface area (Å²) in [7, 11) is 2.80. The Kier molecular flexibility index (Phi) is 12.1. The summed E-state index contributed by atoms with van der Waals surface area (Å²) in [4.78, 5) is 24.7. The van der Waals surface area contributed by atoms with E-state index in [4.69, 9.17) is 35.3 Å². The zero-order valence-electron chi connectivity index (χ0n) is 25.6. The van der Waals surface area contributed by atoms with E-state index >= 15 is 0 Å². The normalized spacial score (nSPS) is 15.1. The number of nitrogens with zero attached hydrogens (tertiary/aromatic N) is 1. The molecule has 4 N–H and O–H groups in total. The molecule has 0 radical (unpaired) electrons. The van der Waals surface area contributed by atoms with E-state index in [1.54, 1.807) is 50.2 Å². The fraction of sp³-hybridized carbons (Fsp3) is 0.281. The van der Waals surface area contributed by atoms with Gasteiger partial charge in [0.05, 0.1) is 38.7 Å². The van der Waals surface area contributed by atoms with Crippen molar-refractivity contribution in [3.63, 3.8) is 0 Å². The Labute approximate surface area is 279 Å². The molecule has 0 aliphatic carbocycles. The number of allylic oxidation sites excluding steroid dienone is 1. The highest BCUT2D eigenvalue weighted by molar-refractivity contribution is 9.10. The van der Waals surface area contributed by atoms with Crippen LogP contribution in [0.4, 0.5) is 4.79 Å². The number of amides is 2. The highest BCUT2D eigenvalue weighted by Crippen LogP contribution is 2.36. The molecule has 1 aliphatic heterocycles. The van der Waals surface area contributed by atoms with Crippen LogP contribution in [-0.4, -0.2) is 57.0 Å². The van der Waals surface area contributed by atoms with Crippen LogP contribution in [-0.2, 0) is 16.1 Å². The van der Waals surface area contributed by atoms with Gasteiger partial charge >= 0.3 is 12.0 Å². The van der Waals surface area contributed by atoms with Crippen molar-refractivity contribution < 1.29 is 38.4 Å². The summed E-state index contributed by atoms with van der Waals surface area (Å²) in [6.45, 7) is 3.76. The highest BCUT2D eigenvalue weighted by atomic mass is 79.9. The summed E-state index contributed by atoms with van der Waals surface area (Å²) in [6.07, 6.45) is 0.285. The number of esters is 1. The van der Waals surface area contributed by atoms with Crippen LogP contribution >= 0.6 is 27.5 Å². The largest absolute Gasteiger partial charge is 0.493 e. The van der Waals surface area contributed by atoms with E-state index in [9.17, 15) is 14.7 Å². The standard InChI is InChI=1S/C32H34BrClN4O8/c1-5-44-25-13-19(29-28(31(40)43-4)18(2)36-32(41)37-29)10-11-24(25)45-17-27(39)38-35-15-21-12-22(33)14-26(42-3)30(21)46-16-20-8-6-7-9-23(20)34/h6-15,27,29,38-39H,5,16-17H2,1-4H3,(H2,36,37,41)/b35-15+/t27-,29+/m0/s1. The average Bonchev–Trinajstić information content (AvgIpc) is 3.03. The molecule has 0 saturated heterocycles. The Hall–Kier alpha value is -4.46. The van der Waals surface area contributed by atoms with Gasteiger partial charge in [0.1, 0.15) is 13.2 Å². The Morgan fingerprint density at radius 1 is 1.11 bits per heavy atom. The summed E-state index contributed by atoms with van der Waals surface area (Å²) in [5, 5.41) is 20.7. The number of hydrogen-bond acceptors (Lipinski definition) is 10. The number of hydrazone groups is 1. The van der Waals surface area contributed by atoms with E-state index in [2.05, 4.69) is 37.1 Å². The lowest BCUT2D eigenvalue weighted by molar-refractivity contribution is -0.136. The monoisotopic (exact) mass is 716 g/mol. The van der Waals surface area contributed by atoms with Crippen molar-refractivity contribution >= 4 is 45.7 Å². The van der Waals surface area contributed by atoms with E-state index in [-0.39, 0.29) is 18.8 Å². The van der Waals surface area contributed by atoms with Crippen LogP contribution in [0.25, 0.3) is 0 Å². The smallest absolute Gasteiger partial charge is 0.337 e. The number of carbonyl (C=O) groups is 2. The van der Waals surface area contributed by atoms with Crippen LogP contribution in [0.2, 0.25) is 5.02 Å². The molecule has 1 aliphatic rings. The summed E-state index contributed by atoms with van der Waals surface area (Å²) in [6, 6.07) is 14.7. The molecule has 1 heterocycles. The predicted molar refractivity (Wildman–Crippen MR) is 175 cm³/mol. The zero-order chi connectivity index (χ0) is 33.2. The van der Waals surface area contributed by atoms with Crippen LogP contribution < -0.4 is 35.0 Å². The lowest BCUT2D eigenvalue weighted by Gasteiger charge is -2.28. The lowest BCUT2D eigenvalue weighted by atomic mass is 9.95. The van der Waals surface area contributed by atoms with Crippen molar-refractivity contribution in [1.29, 1.82) is 0 Å². The third kappa shape index (κ3) is 8.62.